The summed E-state index contributed by atoms with van der Waals surface area (Å²) in [5.74, 6) is -0.551. The first-order chi connectivity index (χ1) is 13.1. The number of nitrogens with zero attached hydrogens (tertiary/aromatic N) is 2. The van der Waals surface area contributed by atoms with Crippen molar-refractivity contribution in [3.63, 3.8) is 0 Å². The normalized spacial score (nSPS) is 16.0. The van der Waals surface area contributed by atoms with Crippen LogP contribution >= 0.6 is 0 Å². The third kappa shape index (κ3) is 4.92. The van der Waals surface area contributed by atoms with E-state index in [2.05, 4.69) is 5.16 Å². The van der Waals surface area contributed by atoms with Gasteiger partial charge in [0.25, 0.3) is 0 Å². The van der Waals surface area contributed by atoms with Crippen molar-refractivity contribution in [1.29, 1.82) is 0 Å². The van der Waals surface area contributed by atoms with Crippen LogP contribution in [0.2, 0.25) is 0 Å². The number of halogens is 1. The number of hydrogen-bond acceptors (Lipinski definition) is 4. The number of ether oxygens (including phenoxy) is 1. The molecule has 0 N–H and O–H groups in total. The molecular weight excluding hydrogens is 347 g/mol. The molecule has 6 heteroatoms. The van der Waals surface area contributed by atoms with Crippen molar-refractivity contribution in [3.8, 4) is 0 Å². The standard InChI is InChI=1S/C21H23FN2O3/c1-15-7-9-16(10-8-15)20-11-18(27-23-20)13-24(21(25)14-26-2)12-17-5-3-4-6-19(17)22/h3-10,18H,11-14H2,1-2H3. The molecule has 142 valence electrons. The molecule has 1 amide bonds. The Kier molecular flexibility index (Phi) is 6.19. The predicted molar refractivity (Wildman–Crippen MR) is 101 cm³/mol. The van der Waals surface area contributed by atoms with E-state index in [9.17, 15) is 9.18 Å². The smallest absolute Gasteiger partial charge is 0.248 e. The van der Waals surface area contributed by atoms with Gasteiger partial charge >= 0.3 is 0 Å². The fourth-order valence-corrected chi connectivity index (χ4v) is 2.99. The van der Waals surface area contributed by atoms with Crippen molar-refractivity contribution >= 4 is 11.6 Å². The number of hydrogen-bond donors (Lipinski definition) is 0. The van der Waals surface area contributed by atoms with Gasteiger partial charge in [-0.15, -0.1) is 0 Å². The monoisotopic (exact) mass is 370 g/mol. The van der Waals surface area contributed by atoms with Crippen LogP contribution in [0.25, 0.3) is 0 Å². The van der Waals surface area contributed by atoms with Gasteiger partial charge in [-0.05, 0) is 18.6 Å². The summed E-state index contributed by atoms with van der Waals surface area (Å²) < 4.78 is 19.0. The summed E-state index contributed by atoms with van der Waals surface area (Å²) in [5, 5.41) is 4.17. The third-order valence-corrected chi connectivity index (χ3v) is 4.48. The molecular formula is C21H23FN2O3. The molecule has 5 nitrogen and oxygen atoms in total. The van der Waals surface area contributed by atoms with Gasteiger partial charge in [-0.25, -0.2) is 4.39 Å². The van der Waals surface area contributed by atoms with Crippen LogP contribution in [0.3, 0.4) is 0 Å². The van der Waals surface area contributed by atoms with Crippen molar-refractivity contribution in [3.05, 3.63) is 71.0 Å². The molecule has 0 bridgehead atoms. The fraction of sp³-hybridized carbons (Fsp3) is 0.333. The molecule has 0 radical (unpaired) electrons. The Labute approximate surface area is 158 Å². The van der Waals surface area contributed by atoms with Gasteiger partial charge in [0.15, 0.2) is 6.10 Å². The predicted octanol–water partition coefficient (Wildman–Crippen LogP) is 3.30. The molecule has 1 heterocycles. The van der Waals surface area contributed by atoms with E-state index in [-0.39, 0.29) is 31.0 Å². The number of methoxy groups -OCH3 is 1. The Hall–Kier alpha value is -2.73. The summed E-state index contributed by atoms with van der Waals surface area (Å²) in [7, 11) is 1.46. The molecule has 0 saturated heterocycles. The molecule has 1 atom stereocenters. The summed E-state index contributed by atoms with van der Waals surface area (Å²) in [6.07, 6.45) is 0.325. The summed E-state index contributed by atoms with van der Waals surface area (Å²) in [5.41, 5.74) is 3.49. The maximum absolute atomic E-state index is 14.0. The molecule has 0 fully saturated rings. The zero-order valence-electron chi connectivity index (χ0n) is 15.5. The highest BCUT2D eigenvalue weighted by molar-refractivity contribution is 6.01. The zero-order valence-corrected chi connectivity index (χ0v) is 15.5. The van der Waals surface area contributed by atoms with Gasteiger partial charge in [-0.2, -0.15) is 0 Å². The summed E-state index contributed by atoms with van der Waals surface area (Å²) in [4.78, 5) is 19.5. The first kappa shape index (κ1) is 19.0. The van der Waals surface area contributed by atoms with Gasteiger partial charge in [0, 0.05) is 25.6 Å². The Morgan fingerprint density at radius 1 is 1.26 bits per heavy atom. The quantitative estimate of drug-likeness (QED) is 0.751. The molecule has 1 aliphatic heterocycles. The van der Waals surface area contributed by atoms with Crippen molar-refractivity contribution < 1.29 is 18.8 Å². The summed E-state index contributed by atoms with van der Waals surface area (Å²) in [6, 6.07) is 14.5. The minimum Gasteiger partial charge on any atom is -0.390 e. The molecule has 2 aromatic carbocycles. The topological polar surface area (TPSA) is 51.1 Å². The van der Waals surface area contributed by atoms with Crippen molar-refractivity contribution in [2.45, 2.75) is 26.0 Å². The largest absolute Gasteiger partial charge is 0.390 e. The highest BCUT2D eigenvalue weighted by Gasteiger charge is 2.27. The van der Waals surface area contributed by atoms with E-state index < -0.39 is 0 Å². The molecule has 0 saturated carbocycles. The molecule has 1 unspecified atom stereocenters. The van der Waals surface area contributed by atoms with E-state index in [1.54, 1.807) is 23.1 Å². The van der Waals surface area contributed by atoms with Crippen LogP contribution in [-0.2, 0) is 20.9 Å². The fourth-order valence-electron chi connectivity index (χ4n) is 2.99. The van der Waals surface area contributed by atoms with E-state index in [4.69, 9.17) is 9.57 Å². The van der Waals surface area contributed by atoms with E-state index in [0.29, 0.717) is 18.5 Å². The Bertz CT molecular complexity index is 820. The van der Waals surface area contributed by atoms with Gasteiger partial charge < -0.3 is 14.5 Å². The zero-order chi connectivity index (χ0) is 19.2. The third-order valence-electron chi connectivity index (χ3n) is 4.48. The molecule has 1 aliphatic rings. The lowest BCUT2D eigenvalue weighted by molar-refractivity contribution is -0.137. The van der Waals surface area contributed by atoms with Gasteiger partial charge in [-0.1, -0.05) is 53.2 Å². The number of benzene rings is 2. The van der Waals surface area contributed by atoms with E-state index >= 15 is 0 Å². The van der Waals surface area contributed by atoms with Crippen molar-refractivity contribution in [2.24, 2.45) is 5.16 Å². The van der Waals surface area contributed by atoms with Crippen LogP contribution in [0, 0.1) is 12.7 Å². The van der Waals surface area contributed by atoms with E-state index in [1.165, 1.54) is 18.7 Å². The average Bonchev–Trinajstić information content (AvgIpc) is 3.12. The number of rotatable bonds is 7. The lowest BCUT2D eigenvalue weighted by Gasteiger charge is -2.25. The van der Waals surface area contributed by atoms with Crippen LogP contribution in [-0.4, -0.2) is 42.9 Å². The molecule has 27 heavy (non-hydrogen) atoms. The molecule has 0 aromatic heterocycles. The van der Waals surface area contributed by atoms with Crippen molar-refractivity contribution in [2.75, 3.05) is 20.3 Å². The maximum atomic E-state index is 14.0. The summed E-state index contributed by atoms with van der Waals surface area (Å²) in [6.45, 7) is 2.44. The van der Waals surface area contributed by atoms with Crippen molar-refractivity contribution in [1.82, 2.24) is 4.90 Å². The Morgan fingerprint density at radius 3 is 2.70 bits per heavy atom. The average molecular weight is 370 g/mol. The van der Waals surface area contributed by atoms with Crippen LogP contribution in [0.15, 0.2) is 53.7 Å². The lowest BCUT2D eigenvalue weighted by Crippen LogP contribution is -2.39. The second-order valence-electron chi connectivity index (χ2n) is 6.63. The van der Waals surface area contributed by atoms with E-state index in [0.717, 1.165) is 11.3 Å². The van der Waals surface area contributed by atoms with Crippen LogP contribution in [0.5, 0.6) is 0 Å². The maximum Gasteiger partial charge on any atom is 0.248 e. The number of carbonyl (C=O) groups excluding carboxylic acids is 1. The molecule has 0 aliphatic carbocycles. The van der Waals surface area contributed by atoms with Crippen LogP contribution in [0.1, 0.15) is 23.1 Å². The van der Waals surface area contributed by atoms with Crippen LogP contribution in [0.4, 0.5) is 4.39 Å². The van der Waals surface area contributed by atoms with Gasteiger partial charge in [-0.3, -0.25) is 4.79 Å². The van der Waals surface area contributed by atoms with Gasteiger partial charge in [0.1, 0.15) is 12.4 Å². The van der Waals surface area contributed by atoms with Crippen LogP contribution < -0.4 is 0 Å². The highest BCUT2D eigenvalue weighted by Crippen LogP contribution is 2.19. The molecule has 0 spiro atoms. The second kappa shape index (κ2) is 8.77. The molecule has 3 rings (SSSR count). The number of oxime groups is 1. The lowest BCUT2D eigenvalue weighted by atomic mass is 10.0. The highest BCUT2D eigenvalue weighted by atomic mass is 19.1. The Morgan fingerprint density at radius 2 is 2.00 bits per heavy atom. The second-order valence-corrected chi connectivity index (χ2v) is 6.63. The van der Waals surface area contributed by atoms with Gasteiger partial charge in [0.2, 0.25) is 5.91 Å². The first-order valence-corrected chi connectivity index (χ1v) is 8.86. The number of aryl methyl sites for hydroxylation is 1. The first-order valence-electron chi connectivity index (χ1n) is 8.86. The molecule has 2 aromatic rings. The van der Waals surface area contributed by atoms with Gasteiger partial charge in [0.05, 0.1) is 12.3 Å². The SMILES string of the molecule is COCC(=O)N(Cc1ccccc1F)CC1CC(c2ccc(C)cc2)=NO1. The number of carbonyl (C=O) groups is 1. The van der Waals surface area contributed by atoms with E-state index in [1.807, 2.05) is 31.2 Å². The number of amides is 1. The summed E-state index contributed by atoms with van der Waals surface area (Å²) >= 11 is 0. The Balaban J connectivity index is 1.67. The minimum absolute atomic E-state index is 0.0626. The minimum atomic E-state index is -0.336.